The molecule has 2 N–H and O–H groups in total. The number of hydrogen-bond donors (Lipinski definition) is 2. The molecule has 8 heteroatoms. The molecule has 1 atom stereocenters. The van der Waals surface area contributed by atoms with Crippen LogP contribution >= 0.6 is 0 Å². The second-order valence-corrected chi connectivity index (χ2v) is 8.36. The van der Waals surface area contributed by atoms with Gasteiger partial charge in [-0.25, -0.2) is 13.1 Å². The number of rotatable bonds is 4. The minimum atomic E-state index is -3.67. The van der Waals surface area contributed by atoms with Gasteiger partial charge in [-0.15, -0.1) is 0 Å². The lowest BCUT2D eigenvalue weighted by Crippen LogP contribution is -2.39. The summed E-state index contributed by atoms with van der Waals surface area (Å²) >= 11 is 0. The van der Waals surface area contributed by atoms with Gasteiger partial charge in [-0.05, 0) is 56.9 Å². The fraction of sp³-hybridized carbons (Fsp3) is 0.389. The summed E-state index contributed by atoms with van der Waals surface area (Å²) in [7, 11) is -2.03. The average molecular weight is 375 g/mol. The van der Waals surface area contributed by atoms with E-state index in [-0.39, 0.29) is 10.9 Å². The summed E-state index contributed by atoms with van der Waals surface area (Å²) in [5.74, 6) is 1.10. The van der Waals surface area contributed by atoms with Gasteiger partial charge in [0.15, 0.2) is 5.76 Å². The monoisotopic (exact) mass is 375 g/mol. The van der Waals surface area contributed by atoms with Crippen molar-refractivity contribution in [2.24, 2.45) is 0 Å². The number of ether oxygens (including phenoxy) is 1. The highest BCUT2D eigenvalue weighted by Crippen LogP contribution is 2.32. The fourth-order valence-corrected chi connectivity index (χ4v) is 5.36. The Hall–Kier alpha value is -2.32. The summed E-state index contributed by atoms with van der Waals surface area (Å²) in [6.07, 6.45) is 2.16. The van der Waals surface area contributed by atoms with Crippen LogP contribution in [0.4, 0.5) is 0 Å². The van der Waals surface area contributed by atoms with Crippen LogP contribution in [0.3, 0.4) is 0 Å². The Labute approximate surface area is 151 Å². The lowest BCUT2D eigenvalue weighted by molar-refractivity contribution is 0.390. The molecular weight excluding hydrogens is 354 g/mol. The first-order valence-corrected chi connectivity index (χ1v) is 10.00. The van der Waals surface area contributed by atoms with Crippen LogP contribution in [0, 0.1) is 13.8 Å². The largest absolute Gasteiger partial charge is 0.497 e. The molecule has 0 amide bonds. The zero-order valence-corrected chi connectivity index (χ0v) is 15.7. The van der Waals surface area contributed by atoms with Crippen LogP contribution in [0.25, 0.3) is 10.9 Å². The fourth-order valence-electron chi connectivity index (χ4n) is 3.76. The topological polar surface area (TPSA) is 97.2 Å². The number of benzene rings is 1. The third-order valence-electron chi connectivity index (χ3n) is 4.95. The summed E-state index contributed by atoms with van der Waals surface area (Å²) in [5.41, 5.74) is 3.74. The number of aromatic amines is 1. The van der Waals surface area contributed by atoms with Crippen LogP contribution in [0.5, 0.6) is 5.75 Å². The molecule has 2 heterocycles. The molecule has 4 rings (SSSR count). The Morgan fingerprint density at radius 1 is 1.35 bits per heavy atom. The van der Waals surface area contributed by atoms with E-state index in [4.69, 9.17) is 9.26 Å². The predicted octanol–water partition coefficient (Wildman–Crippen LogP) is 2.62. The smallest absolute Gasteiger partial charge is 0.246 e. The number of methoxy groups -OCH3 is 1. The molecule has 0 bridgehead atoms. The highest BCUT2D eigenvalue weighted by molar-refractivity contribution is 7.89. The van der Waals surface area contributed by atoms with Crippen LogP contribution in [0.1, 0.15) is 29.1 Å². The molecule has 1 aromatic carbocycles. The van der Waals surface area contributed by atoms with Gasteiger partial charge in [-0.3, -0.25) is 0 Å². The van der Waals surface area contributed by atoms with Gasteiger partial charge < -0.3 is 14.2 Å². The van der Waals surface area contributed by atoms with Gasteiger partial charge in [0.1, 0.15) is 16.3 Å². The number of nitrogens with zero attached hydrogens (tertiary/aromatic N) is 1. The van der Waals surface area contributed by atoms with Crippen molar-refractivity contribution in [2.75, 3.05) is 7.11 Å². The molecule has 1 unspecified atom stereocenters. The number of sulfonamides is 1. The first-order valence-electron chi connectivity index (χ1n) is 8.51. The molecule has 3 aromatic rings. The lowest BCUT2D eigenvalue weighted by Gasteiger charge is -2.23. The maximum absolute atomic E-state index is 12.8. The van der Waals surface area contributed by atoms with Crippen LogP contribution in [0.15, 0.2) is 27.6 Å². The SMILES string of the molecule is COc1ccc2[nH]c3c(c2c1)CC(NS(=O)(=O)c1c(C)noc1C)CC3. The summed E-state index contributed by atoms with van der Waals surface area (Å²) < 4.78 is 38.7. The number of hydrogen-bond acceptors (Lipinski definition) is 5. The van der Waals surface area contributed by atoms with Crippen molar-refractivity contribution in [3.63, 3.8) is 0 Å². The predicted molar refractivity (Wildman–Crippen MR) is 97.0 cm³/mol. The summed E-state index contributed by atoms with van der Waals surface area (Å²) in [4.78, 5) is 3.58. The van der Waals surface area contributed by atoms with Gasteiger partial charge in [0.2, 0.25) is 10.0 Å². The van der Waals surface area contributed by atoms with Gasteiger partial charge >= 0.3 is 0 Å². The number of H-pyrrole nitrogens is 1. The minimum absolute atomic E-state index is 0.142. The molecule has 0 aliphatic heterocycles. The van der Waals surface area contributed by atoms with Gasteiger partial charge in [0.05, 0.1) is 7.11 Å². The molecule has 1 aliphatic carbocycles. The third-order valence-corrected chi connectivity index (χ3v) is 6.72. The quantitative estimate of drug-likeness (QED) is 0.731. The zero-order chi connectivity index (χ0) is 18.5. The number of nitrogens with one attached hydrogen (secondary N) is 2. The van der Waals surface area contributed by atoms with E-state index in [0.717, 1.165) is 35.1 Å². The molecule has 2 aromatic heterocycles. The van der Waals surface area contributed by atoms with Crippen LogP contribution in [-0.2, 0) is 22.9 Å². The first-order chi connectivity index (χ1) is 12.4. The molecular formula is C18H21N3O4S. The molecule has 7 nitrogen and oxygen atoms in total. The molecule has 0 saturated carbocycles. The zero-order valence-electron chi connectivity index (χ0n) is 14.9. The second kappa shape index (κ2) is 6.14. The standard InChI is InChI=1S/C18H21N3O4S/c1-10-18(11(2)25-20-10)26(22,23)21-12-4-6-16-14(8-12)15-9-13(24-3)5-7-17(15)19-16/h5,7,9,12,19,21H,4,6,8H2,1-3H3. The number of aryl methyl sites for hydroxylation is 3. The summed E-state index contributed by atoms with van der Waals surface area (Å²) in [6, 6.07) is 5.74. The van der Waals surface area contributed by atoms with E-state index < -0.39 is 10.0 Å². The van der Waals surface area contributed by atoms with Gasteiger partial charge in [0, 0.05) is 22.6 Å². The molecule has 0 saturated heterocycles. The first kappa shape index (κ1) is 17.1. The van der Waals surface area contributed by atoms with Crippen molar-refractivity contribution in [3.8, 4) is 5.75 Å². The Morgan fingerprint density at radius 3 is 2.85 bits per heavy atom. The van der Waals surface area contributed by atoms with E-state index in [9.17, 15) is 8.42 Å². The van der Waals surface area contributed by atoms with E-state index in [0.29, 0.717) is 17.9 Å². The van der Waals surface area contributed by atoms with Crippen LogP contribution in [-0.4, -0.2) is 31.7 Å². The Bertz CT molecular complexity index is 1060. The second-order valence-electron chi connectivity index (χ2n) is 6.71. The molecule has 1 aliphatic rings. The van der Waals surface area contributed by atoms with Crippen LogP contribution in [0.2, 0.25) is 0 Å². The van der Waals surface area contributed by atoms with Gasteiger partial charge in [-0.2, -0.15) is 0 Å². The maximum atomic E-state index is 12.8. The van der Waals surface area contributed by atoms with E-state index in [1.54, 1.807) is 21.0 Å². The number of aromatic nitrogens is 2. The van der Waals surface area contributed by atoms with Crippen molar-refractivity contribution >= 4 is 20.9 Å². The molecule has 0 fully saturated rings. The summed E-state index contributed by atoms with van der Waals surface area (Å²) in [6.45, 7) is 3.25. The maximum Gasteiger partial charge on any atom is 0.246 e. The highest BCUT2D eigenvalue weighted by atomic mass is 32.2. The van der Waals surface area contributed by atoms with E-state index in [2.05, 4.69) is 14.9 Å². The van der Waals surface area contributed by atoms with Crippen molar-refractivity contribution in [2.45, 2.75) is 44.0 Å². The van der Waals surface area contributed by atoms with Crippen LogP contribution < -0.4 is 9.46 Å². The normalized spacial score (nSPS) is 17.4. The Morgan fingerprint density at radius 2 is 2.15 bits per heavy atom. The molecule has 26 heavy (non-hydrogen) atoms. The van der Waals surface area contributed by atoms with Crippen molar-refractivity contribution in [3.05, 3.63) is 40.9 Å². The minimum Gasteiger partial charge on any atom is -0.497 e. The summed E-state index contributed by atoms with van der Waals surface area (Å²) in [5, 5.41) is 4.83. The van der Waals surface area contributed by atoms with Gasteiger partial charge in [0.25, 0.3) is 0 Å². The molecule has 0 spiro atoms. The van der Waals surface area contributed by atoms with E-state index >= 15 is 0 Å². The van der Waals surface area contributed by atoms with Crippen molar-refractivity contribution in [1.29, 1.82) is 0 Å². The lowest BCUT2D eigenvalue weighted by atomic mass is 9.92. The third kappa shape index (κ3) is 2.79. The van der Waals surface area contributed by atoms with Crippen molar-refractivity contribution in [1.82, 2.24) is 14.9 Å². The average Bonchev–Trinajstić information content (AvgIpc) is 3.13. The molecule has 0 radical (unpaired) electrons. The highest BCUT2D eigenvalue weighted by Gasteiger charge is 2.30. The van der Waals surface area contributed by atoms with E-state index in [1.807, 2.05) is 18.2 Å². The van der Waals surface area contributed by atoms with Gasteiger partial charge in [-0.1, -0.05) is 5.16 Å². The Kier molecular flexibility index (Phi) is 4.04. The van der Waals surface area contributed by atoms with E-state index in [1.165, 1.54) is 5.69 Å². The molecule has 138 valence electrons. The van der Waals surface area contributed by atoms with Crippen molar-refractivity contribution < 1.29 is 17.7 Å². The number of fused-ring (bicyclic) bond motifs is 3. The Balaban J connectivity index is 1.64.